The average Bonchev–Trinajstić information content (AvgIpc) is 3.15. The molecule has 1 amide bonds. The van der Waals surface area contributed by atoms with E-state index in [0.717, 1.165) is 11.4 Å². The summed E-state index contributed by atoms with van der Waals surface area (Å²) in [6.07, 6.45) is 1.53. The molecule has 1 atom stereocenters. The Morgan fingerprint density at radius 3 is 2.58 bits per heavy atom. The van der Waals surface area contributed by atoms with Crippen LogP contribution in [0.3, 0.4) is 0 Å². The van der Waals surface area contributed by atoms with Gasteiger partial charge in [0.1, 0.15) is 5.76 Å². The summed E-state index contributed by atoms with van der Waals surface area (Å²) in [4.78, 5) is 33.0. The summed E-state index contributed by atoms with van der Waals surface area (Å²) in [5.74, 6) is -0.370. The molecule has 0 saturated heterocycles. The Morgan fingerprint density at radius 1 is 1.15 bits per heavy atom. The van der Waals surface area contributed by atoms with Crippen LogP contribution in [0.15, 0.2) is 41.0 Å². The van der Waals surface area contributed by atoms with Crippen molar-refractivity contribution in [3.05, 3.63) is 59.3 Å². The largest absolute Gasteiger partial charge is 0.467 e. The standard InChI is InChI=1S/C19H19N3O4/c1-11-12(2)21-16-9-14(6-7-15(16)20-11)19(24)26-10-18(23)22-13(3)17-5-4-8-25-17/h4-9,13H,10H2,1-3H3,(H,22,23)/t13-/m1/s1. The van der Waals surface area contributed by atoms with E-state index in [4.69, 9.17) is 9.15 Å². The second-order valence-corrected chi connectivity index (χ2v) is 5.98. The number of carbonyl (C=O) groups is 2. The number of nitrogens with one attached hydrogen (secondary N) is 1. The van der Waals surface area contributed by atoms with E-state index in [1.54, 1.807) is 37.3 Å². The number of furan rings is 1. The minimum absolute atomic E-state index is 0.307. The highest BCUT2D eigenvalue weighted by Crippen LogP contribution is 2.15. The van der Waals surface area contributed by atoms with Gasteiger partial charge in [-0.2, -0.15) is 0 Å². The molecule has 0 fully saturated rings. The highest BCUT2D eigenvalue weighted by Gasteiger charge is 2.15. The van der Waals surface area contributed by atoms with E-state index in [2.05, 4.69) is 15.3 Å². The van der Waals surface area contributed by atoms with Gasteiger partial charge in [-0.1, -0.05) is 0 Å². The van der Waals surface area contributed by atoms with Crippen molar-refractivity contribution in [3.63, 3.8) is 0 Å². The molecule has 7 heteroatoms. The number of esters is 1. The van der Waals surface area contributed by atoms with Crippen LogP contribution >= 0.6 is 0 Å². The monoisotopic (exact) mass is 353 g/mol. The van der Waals surface area contributed by atoms with Gasteiger partial charge in [-0.25, -0.2) is 14.8 Å². The fourth-order valence-electron chi connectivity index (χ4n) is 2.46. The molecule has 0 unspecified atom stereocenters. The summed E-state index contributed by atoms with van der Waals surface area (Å²) in [5, 5.41) is 2.70. The molecule has 1 N–H and O–H groups in total. The lowest BCUT2D eigenvalue weighted by Gasteiger charge is -2.11. The van der Waals surface area contributed by atoms with Gasteiger partial charge in [-0.15, -0.1) is 0 Å². The summed E-state index contributed by atoms with van der Waals surface area (Å²) in [6.45, 7) is 5.15. The Hall–Kier alpha value is -3.22. The molecule has 26 heavy (non-hydrogen) atoms. The molecule has 0 spiro atoms. The van der Waals surface area contributed by atoms with Crippen LogP contribution in [0.25, 0.3) is 11.0 Å². The molecule has 2 aromatic heterocycles. The normalized spacial score (nSPS) is 12.0. The van der Waals surface area contributed by atoms with Crippen LogP contribution in [-0.2, 0) is 9.53 Å². The smallest absolute Gasteiger partial charge is 0.338 e. The highest BCUT2D eigenvalue weighted by atomic mass is 16.5. The van der Waals surface area contributed by atoms with E-state index < -0.39 is 11.9 Å². The van der Waals surface area contributed by atoms with Crippen LogP contribution in [0.4, 0.5) is 0 Å². The van der Waals surface area contributed by atoms with Gasteiger partial charge in [0.05, 0.1) is 40.3 Å². The van der Waals surface area contributed by atoms with E-state index >= 15 is 0 Å². The number of rotatable bonds is 5. The number of hydrogen-bond acceptors (Lipinski definition) is 6. The molecule has 0 radical (unpaired) electrons. The number of amides is 1. The van der Waals surface area contributed by atoms with Crippen LogP contribution in [0.5, 0.6) is 0 Å². The zero-order valence-corrected chi connectivity index (χ0v) is 14.8. The molecule has 134 valence electrons. The second-order valence-electron chi connectivity index (χ2n) is 5.98. The number of aromatic nitrogens is 2. The van der Waals surface area contributed by atoms with Crippen LogP contribution in [0.2, 0.25) is 0 Å². The number of fused-ring (bicyclic) bond motifs is 1. The third kappa shape index (κ3) is 3.88. The zero-order chi connectivity index (χ0) is 18.7. The van der Waals surface area contributed by atoms with E-state index in [-0.39, 0.29) is 12.6 Å². The quantitative estimate of drug-likeness (QED) is 0.709. The van der Waals surface area contributed by atoms with E-state index in [0.29, 0.717) is 22.4 Å². The summed E-state index contributed by atoms with van der Waals surface area (Å²) in [7, 11) is 0. The Labute approximate surface area is 150 Å². The van der Waals surface area contributed by atoms with Crippen LogP contribution < -0.4 is 5.32 Å². The van der Waals surface area contributed by atoms with Crippen LogP contribution in [0.1, 0.15) is 40.5 Å². The number of carbonyl (C=O) groups excluding carboxylic acids is 2. The first-order valence-corrected chi connectivity index (χ1v) is 8.19. The molecule has 3 aromatic rings. The van der Waals surface area contributed by atoms with Gasteiger partial charge < -0.3 is 14.5 Å². The Bertz CT molecular complexity index is 951. The van der Waals surface area contributed by atoms with E-state index in [9.17, 15) is 9.59 Å². The third-order valence-electron chi connectivity index (χ3n) is 3.99. The van der Waals surface area contributed by atoms with Gasteiger partial charge in [-0.3, -0.25) is 4.79 Å². The van der Waals surface area contributed by atoms with Crippen molar-refractivity contribution >= 4 is 22.9 Å². The lowest BCUT2D eigenvalue weighted by molar-refractivity contribution is -0.125. The minimum Gasteiger partial charge on any atom is -0.467 e. The Morgan fingerprint density at radius 2 is 1.88 bits per heavy atom. The highest BCUT2D eigenvalue weighted by molar-refractivity contribution is 5.94. The van der Waals surface area contributed by atoms with E-state index in [1.807, 2.05) is 13.8 Å². The Balaban J connectivity index is 1.62. The Kier molecular flexibility index (Phi) is 4.97. The SMILES string of the molecule is Cc1nc2ccc(C(=O)OCC(=O)N[C@H](C)c3ccco3)cc2nc1C. The molecule has 2 heterocycles. The molecule has 0 bridgehead atoms. The molecule has 3 rings (SSSR count). The molecule has 0 aliphatic heterocycles. The van der Waals surface area contributed by atoms with Gasteiger partial charge in [0.25, 0.3) is 5.91 Å². The predicted octanol–water partition coefficient (Wildman–Crippen LogP) is 2.87. The van der Waals surface area contributed by atoms with Crippen molar-refractivity contribution in [1.29, 1.82) is 0 Å². The lowest BCUT2D eigenvalue weighted by atomic mass is 10.2. The molecule has 1 aromatic carbocycles. The van der Waals surface area contributed by atoms with Gasteiger partial charge in [0.15, 0.2) is 6.61 Å². The first-order valence-electron chi connectivity index (χ1n) is 8.19. The third-order valence-corrected chi connectivity index (χ3v) is 3.99. The minimum atomic E-state index is -0.590. The average molecular weight is 353 g/mol. The van der Waals surface area contributed by atoms with Crippen molar-refractivity contribution < 1.29 is 18.7 Å². The maximum Gasteiger partial charge on any atom is 0.338 e. The molecule has 0 saturated carbocycles. The molecular formula is C19H19N3O4. The van der Waals surface area contributed by atoms with Gasteiger partial charge in [0.2, 0.25) is 0 Å². The lowest BCUT2D eigenvalue weighted by Crippen LogP contribution is -2.31. The first kappa shape index (κ1) is 17.6. The van der Waals surface area contributed by atoms with Crippen molar-refractivity contribution in [1.82, 2.24) is 15.3 Å². The maximum atomic E-state index is 12.2. The summed E-state index contributed by atoms with van der Waals surface area (Å²) < 4.78 is 10.3. The molecule has 0 aliphatic carbocycles. The summed E-state index contributed by atoms with van der Waals surface area (Å²) in [5.41, 5.74) is 3.28. The topological polar surface area (TPSA) is 94.3 Å². The van der Waals surface area contributed by atoms with Gasteiger partial charge in [-0.05, 0) is 51.1 Å². The van der Waals surface area contributed by atoms with Gasteiger partial charge >= 0.3 is 5.97 Å². The first-order chi connectivity index (χ1) is 12.4. The zero-order valence-electron chi connectivity index (χ0n) is 14.8. The number of benzene rings is 1. The fraction of sp³-hybridized carbons (Fsp3) is 0.263. The van der Waals surface area contributed by atoms with Gasteiger partial charge in [0, 0.05) is 0 Å². The van der Waals surface area contributed by atoms with Crippen molar-refractivity contribution in [2.45, 2.75) is 26.8 Å². The second kappa shape index (κ2) is 7.35. The summed E-state index contributed by atoms with van der Waals surface area (Å²) in [6, 6.07) is 8.13. The predicted molar refractivity (Wildman–Crippen MR) is 94.6 cm³/mol. The number of nitrogens with zero attached hydrogens (tertiary/aromatic N) is 2. The van der Waals surface area contributed by atoms with Crippen LogP contribution in [-0.4, -0.2) is 28.5 Å². The van der Waals surface area contributed by atoms with E-state index in [1.165, 1.54) is 6.26 Å². The maximum absolute atomic E-state index is 12.2. The number of hydrogen-bond donors (Lipinski definition) is 1. The van der Waals surface area contributed by atoms with Crippen molar-refractivity contribution in [3.8, 4) is 0 Å². The van der Waals surface area contributed by atoms with Crippen molar-refractivity contribution in [2.75, 3.05) is 6.61 Å². The van der Waals surface area contributed by atoms with Crippen molar-refractivity contribution in [2.24, 2.45) is 0 Å². The molecule has 7 nitrogen and oxygen atoms in total. The summed E-state index contributed by atoms with van der Waals surface area (Å²) >= 11 is 0. The number of ether oxygens (including phenoxy) is 1. The number of aryl methyl sites for hydroxylation is 2. The van der Waals surface area contributed by atoms with Crippen LogP contribution in [0, 0.1) is 13.8 Å². The fourth-order valence-corrected chi connectivity index (χ4v) is 2.46. The molecule has 0 aliphatic rings. The molecular weight excluding hydrogens is 334 g/mol.